The van der Waals surface area contributed by atoms with Gasteiger partial charge in [-0.15, -0.1) is 10.2 Å². The molecule has 148 valence electrons. The van der Waals surface area contributed by atoms with Gasteiger partial charge in [-0.05, 0) is 37.1 Å². The van der Waals surface area contributed by atoms with Crippen LogP contribution in [-0.4, -0.2) is 34.2 Å². The second kappa shape index (κ2) is 8.48. The maximum absolute atomic E-state index is 12.8. The van der Waals surface area contributed by atoms with E-state index < -0.39 is 0 Å². The van der Waals surface area contributed by atoms with Crippen molar-refractivity contribution in [2.75, 3.05) is 13.7 Å². The zero-order chi connectivity index (χ0) is 20.3. The van der Waals surface area contributed by atoms with Crippen LogP contribution >= 0.6 is 11.6 Å². The van der Waals surface area contributed by atoms with Gasteiger partial charge < -0.3 is 14.8 Å². The number of nitrogens with zero attached hydrogens (tertiary/aromatic N) is 3. The largest absolute Gasteiger partial charge is 0.493 e. The standard InChI is InChI=1S/C20H23ClN4O3/c1-12(2)11-28-18-15(21)9-14(10-16(18)27-4)20(26)22-13(3)19-24-23-17-7-5-6-8-25(17)19/h5-10,12-13H,11H2,1-4H3,(H,22,26). The lowest BCUT2D eigenvalue weighted by Gasteiger charge is -2.16. The Bertz CT molecular complexity index is 987. The highest BCUT2D eigenvalue weighted by Gasteiger charge is 2.20. The van der Waals surface area contributed by atoms with E-state index in [9.17, 15) is 4.79 Å². The number of amides is 1. The van der Waals surface area contributed by atoms with Gasteiger partial charge in [0.1, 0.15) is 0 Å². The number of methoxy groups -OCH3 is 1. The average Bonchev–Trinajstić information content (AvgIpc) is 3.10. The lowest BCUT2D eigenvalue weighted by molar-refractivity contribution is 0.0937. The van der Waals surface area contributed by atoms with Crippen molar-refractivity contribution < 1.29 is 14.3 Å². The van der Waals surface area contributed by atoms with Crippen LogP contribution in [0.4, 0.5) is 0 Å². The zero-order valence-corrected chi connectivity index (χ0v) is 17.0. The number of pyridine rings is 1. The summed E-state index contributed by atoms with van der Waals surface area (Å²) in [5, 5.41) is 11.5. The number of nitrogens with one attached hydrogen (secondary N) is 1. The molecule has 0 radical (unpaired) electrons. The van der Waals surface area contributed by atoms with Crippen LogP contribution in [0, 0.1) is 5.92 Å². The van der Waals surface area contributed by atoms with Gasteiger partial charge in [-0.3, -0.25) is 9.20 Å². The minimum atomic E-state index is -0.355. The van der Waals surface area contributed by atoms with Gasteiger partial charge >= 0.3 is 0 Å². The number of halogens is 1. The molecule has 2 aromatic heterocycles. The lowest BCUT2D eigenvalue weighted by Crippen LogP contribution is -2.28. The Morgan fingerprint density at radius 2 is 2.04 bits per heavy atom. The van der Waals surface area contributed by atoms with Gasteiger partial charge in [0.05, 0.1) is 24.8 Å². The van der Waals surface area contributed by atoms with E-state index in [-0.39, 0.29) is 11.9 Å². The Morgan fingerprint density at radius 1 is 1.25 bits per heavy atom. The van der Waals surface area contributed by atoms with Gasteiger partial charge in [0.2, 0.25) is 0 Å². The summed E-state index contributed by atoms with van der Waals surface area (Å²) in [4.78, 5) is 12.8. The Labute approximate surface area is 168 Å². The van der Waals surface area contributed by atoms with Gasteiger partial charge in [0.15, 0.2) is 23.0 Å². The number of aromatic nitrogens is 3. The summed E-state index contributed by atoms with van der Waals surface area (Å²) >= 11 is 6.34. The molecule has 1 N–H and O–H groups in total. The normalized spacial score (nSPS) is 12.2. The van der Waals surface area contributed by atoms with Gasteiger partial charge in [-0.25, -0.2) is 0 Å². The molecule has 2 heterocycles. The first kappa shape index (κ1) is 19.9. The molecule has 0 fully saturated rings. The van der Waals surface area contributed by atoms with Crippen molar-refractivity contribution in [3.63, 3.8) is 0 Å². The van der Waals surface area contributed by atoms with Crippen molar-refractivity contribution in [1.82, 2.24) is 19.9 Å². The van der Waals surface area contributed by atoms with Crippen molar-refractivity contribution >= 4 is 23.2 Å². The molecule has 1 atom stereocenters. The quantitative estimate of drug-likeness (QED) is 0.648. The topological polar surface area (TPSA) is 77.8 Å². The maximum Gasteiger partial charge on any atom is 0.252 e. The van der Waals surface area contributed by atoms with Gasteiger partial charge in [-0.2, -0.15) is 0 Å². The second-order valence-electron chi connectivity index (χ2n) is 6.88. The van der Waals surface area contributed by atoms with Crippen molar-refractivity contribution in [1.29, 1.82) is 0 Å². The van der Waals surface area contributed by atoms with Crippen LogP contribution < -0.4 is 14.8 Å². The first-order valence-corrected chi connectivity index (χ1v) is 9.39. The summed E-state index contributed by atoms with van der Waals surface area (Å²) < 4.78 is 12.9. The number of hydrogen-bond donors (Lipinski definition) is 1. The summed E-state index contributed by atoms with van der Waals surface area (Å²) in [6, 6.07) is 8.45. The van der Waals surface area contributed by atoms with E-state index in [0.717, 1.165) is 5.65 Å². The fourth-order valence-corrected chi connectivity index (χ4v) is 3.01. The molecule has 1 aromatic carbocycles. The number of carbonyl (C=O) groups is 1. The molecule has 0 spiro atoms. The van der Waals surface area contributed by atoms with Crippen molar-refractivity contribution in [3.05, 3.63) is 52.9 Å². The highest BCUT2D eigenvalue weighted by molar-refractivity contribution is 6.32. The molecular weight excluding hydrogens is 380 g/mol. The summed E-state index contributed by atoms with van der Waals surface area (Å²) in [6.45, 7) is 6.43. The van der Waals surface area contributed by atoms with E-state index in [2.05, 4.69) is 15.5 Å². The Balaban J connectivity index is 1.81. The highest BCUT2D eigenvalue weighted by Crippen LogP contribution is 2.36. The van der Waals surface area contributed by atoms with Crippen molar-refractivity contribution in [2.45, 2.75) is 26.8 Å². The number of hydrogen-bond acceptors (Lipinski definition) is 5. The van der Waals surface area contributed by atoms with Gasteiger partial charge in [0.25, 0.3) is 5.91 Å². The molecule has 0 saturated carbocycles. The van der Waals surface area contributed by atoms with Gasteiger partial charge in [-0.1, -0.05) is 31.5 Å². The van der Waals surface area contributed by atoms with E-state index in [4.69, 9.17) is 21.1 Å². The Hall–Kier alpha value is -2.80. The summed E-state index contributed by atoms with van der Waals surface area (Å²) in [5.41, 5.74) is 1.09. The summed E-state index contributed by atoms with van der Waals surface area (Å²) in [7, 11) is 1.51. The third kappa shape index (κ3) is 4.20. The van der Waals surface area contributed by atoms with E-state index >= 15 is 0 Å². The third-order valence-electron chi connectivity index (χ3n) is 4.13. The first-order valence-electron chi connectivity index (χ1n) is 9.01. The molecule has 1 amide bonds. The second-order valence-corrected chi connectivity index (χ2v) is 7.28. The van der Waals surface area contributed by atoms with E-state index in [1.165, 1.54) is 7.11 Å². The van der Waals surface area contributed by atoms with Crippen LogP contribution in [0.25, 0.3) is 5.65 Å². The zero-order valence-electron chi connectivity index (χ0n) is 16.3. The summed E-state index contributed by atoms with van der Waals surface area (Å²) in [5.74, 6) is 1.53. The van der Waals surface area contributed by atoms with E-state index in [0.29, 0.717) is 40.4 Å². The van der Waals surface area contributed by atoms with Crippen molar-refractivity contribution in [2.24, 2.45) is 5.92 Å². The monoisotopic (exact) mass is 402 g/mol. The molecule has 0 bridgehead atoms. The molecule has 0 aliphatic heterocycles. The molecule has 3 rings (SSSR count). The smallest absolute Gasteiger partial charge is 0.252 e. The molecular formula is C20H23ClN4O3. The molecule has 0 aliphatic carbocycles. The summed E-state index contributed by atoms with van der Waals surface area (Å²) in [6.07, 6.45) is 1.86. The van der Waals surface area contributed by atoms with Crippen LogP contribution in [0.5, 0.6) is 11.5 Å². The minimum absolute atomic E-state index is 0.296. The fourth-order valence-electron chi connectivity index (χ4n) is 2.74. The minimum Gasteiger partial charge on any atom is -0.493 e. The predicted molar refractivity (Wildman–Crippen MR) is 107 cm³/mol. The van der Waals surface area contributed by atoms with Crippen LogP contribution in [0.3, 0.4) is 0 Å². The van der Waals surface area contributed by atoms with E-state index in [1.54, 1.807) is 12.1 Å². The fraction of sp³-hybridized carbons (Fsp3) is 0.350. The van der Waals surface area contributed by atoms with E-state index in [1.807, 2.05) is 49.6 Å². The first-order chi connectivity index (χ1) is 13.4. The number of benzene rings is 1. The maximum atomic E-state index is 12.8. The lowest BCUT2D eigenvalue weighted by atomic mass is 10.1. The molecule has 0 aliphatic rings. The van der Waals surface area contributed by atoms with Crippen LogP contribution in [0.1, 0.15) is 43.0 Å². The molecule has 1 unspecified atom stereocenters. The molecule has 8 heteroatoms. The van der Waals surface area contributed by atoms with Crippen LogP contribution in [0.2, 0.25) is 5.02 Å². The van der Waals surface area contributed by atoms with Crippen molar-refractivity contribution in [3.8, 4) is 11.5 Å². The number of ether oxygens (including phenoxy) is 2. The predicted octanol–water partition coefficient (Wildman–Crippen LogP) is 3.92. The Kier molecular flexibility index (Phi) is 6.04. The Morgan fingerprint density at radius 3 is 2.75 bits per heavy atom. The third-order valence-corrected chi connectivity index (χ3v) is 4.41. The number of carbonyl (C=O) groups excluding carboxylic acids is 1. The SMILES string of the molecule is COc1cc(C(=O)NC(C)c2nnc3ccccn23)cc(Cl)c1OCC(C)C. The van der Waals surface area contributed by atoms with Crippen LogP contribution in [0.15, 0.2) is 36.5 Å². The number of rotatable bonds is 7. The molecule has 28 heavy (non-hydrogen) atoms. The molecule has 3 aromatic rings. The number of fused-ring (bicyclic) bond motifs is 1. The van der Waals surface area contributed by atoms with Gasteiger partial charge in [0, 0.05) is 11.8 Å². The molecule has 7 nitrogen and oxygen atoms in total. The molecule has 0 saturated heterocycles. The average molecular weight is 403 g/mol. The van der Waals surface area contributed by atoms with Crippen LogP contribution in [-0.2, 0) is 0 Å². The highest BCUT2D eigenvalue weighted by atomic mass is 35.5.